The molecule has 0 aliphatic carbocycles. The van der Waals surface area contributed by atoms with Crippen molar-refractivity contribution in [1.82, 2.24) is 19.1 Å². The Morgan fingerprint density at radius 3 is 2.55 bits per heavy atom. The minimum absolute atomic E-state index is 0.0157. The summed E-state index contributed by atoms with van der Waals surface area (Å²) in [5.41, 5.74) is 1.39. The second-order valence-electron chi connectivity index (χ2n) is 5.10. The van der Waals surface area contributed by atoms with Gasteiger partial charge in [0.15, 0.2) is 11.6 Å². The van der Waals surface area contributed by atoms with Gasteiger partial charge in [-0.3, -0.25) is 4.57 Å². The summed E-state index contributed by atoms with van der Waals surface area (Å²) in [5.74, 6) is 0.723. The molecule has 2 aromatic heterocycles. The van der Waals surface area contributed by atoms with Crippen molar-refractivity contribution in [3.8, 4) is 11.6 Å². The number of ether oxygens (including phenoxy) is 1. The summed E-state index contributed by atoms with van der Waals surface area (Å²) in [5, 5.41) is 0.0593. The molecule has 0 amide bonds. The Bertz CT molecular complexity index is 898. The van der Waals surface area contributed by atoms with Crippen molar-refractivity contribution in [2.75, 3.05) is 7.11 Å². The number of rotatable bonds is 3. The van der Waals surface area contributed by atoms with E-state index in [4.69, 9.17) is 16.3 Å². The molecule has 22 heavy (non-hydrogen) atoms. The molecule has 0 fully saturated rings. The zero-order valence-electron chi connectivity index (χ0n) is 12.4. The Kier molecular flexibility index (Phi) is 3.62. The molecule has 0 saturated heterocycles. The van der Waals surface area contributed by atoms with E-state index in [1.54, 1.807) is 4.57 Å². The van der Waals surface area contributed by atoms with Crippen molar-refractivity contribution < 1.29 is 4.74 Å². The Balaban J connectivity index is 2.45. The summed E-state index contributed by atoms with van der Waals surface area (Å²) in [6.07, 6.45) is 1.46. The van der Waals surface area contributed by atoms with E-state index in [0.29, 0.717) is 11.6 Å². The maximum Gasteiger partial charge on any atom is 0.335 e. The maximum atomic E-state index is 12.9. The fraction of sp³-hybridized carbons (Fsp3) is 0.267. The minimum atomic E-state index is -0.190. The van der Waals surface area contributed by atoms with E-state index in [-0.39, 0.29) is 17.0 Å². The summed E-state index contributed by atoms with van der Waals surface area (Å²) in [6, 6.07) is 7.56. The number of imidazole rings is 1. The van der Waals surface area contributed by atoms with Crippen molar-refractivity contribution in [2.24, 2.45) is 0 Å². The SMILES string of the molecule is COc1cnc(Cl)nc1-n1c(=O)n(C(C)C)c2ccccc21. The molecule has 0 atom stereocenters. The van der Waals surface area contributed by atoms with Gasteiger partial charge < -0.3 is 4.74 Å². The molecule has 1 aromatic carbocycles. The number of hydrogen-bond donors (Lipinski definition) is 0. The lowest BCUT2D eigenvalue weighted by atomic mass is 10.3. The van der Waals surface area contributed by atoms with E-state index in [0.717, 1.165) is 11.0 Å². The van der Waals surface area contributed by atoms with Crippen LogP contribution in [0.15, 0.2) is 35.3 Å². The molecule has 0 bridgehead atoms. The predicted molar refractivity (Wildman–Crippen MR) is 85.1 cm³/mol. The molecule has 114 valence electrons. The number of halogens is 1. The summed E-state index contributed by atoms with van der Waals surface area (Å²) >= 11 is 5.90. The van der Waals surface area contributed by atoms with Gasteiger partial charge >= 0.3 is 5.69 Å². The zero-order valence-corrected chi connectivity index (χ0v) is 13.2. The third-order valence-electron chi connectivity index (χ3n) is 3.43. The minimum Gasteiger partial charge on any atom is -0.491 e. The first-order valence-electron chi connectivity index (χ1n) is 6.83. The van der Waals surface area contributed by atoms with Crippen LogP contribution in [0.25, 0.3) is 16.9 Å². The van der Waals surface area contributed by atoms with E-state index >= 15 is 0 Å². The number of aromatic nitrogens is 4. The summed E-state index contributed by atoms with van der Waals surface area (Å²) in [7, 11) is 1.50. The predicted octanol–water partition coefficient (Wildman–Crippen LogP) is 2.83. The van der Waals surface area contributed by atoms with Gasteiger partial charge in [-0.05, 0) is 37.6 Å². The highest BCUT2D eigenvalue weighted by atomic mass is 35.5. The number of benzene rings is 1. The molecule has 7 heteroatoms. The molecule has 2 heterocycles. The highest BCUT2D eigenvalue weighted by Gasteiger charge is 2.20. The van der Waals surface area contributed by atoms with Crippen LogP contribution < -0.4 is 10.4 Å². The van der Waals surface area contributed by atoms with Gasteiger partial charge in [-0.1, -0.05) is 12.1 Å². The van der Waals surface area contributed by atoms with E-state index < -0.39 is 0 Å². The molecule has 0 radical (unpaired) electrons. The van der Waals surface area contributed by atoms with E-state index in [2.05, 4.69) is 9.97 Å². The molecule has 3 aromatic rings. The van der Waals surface area contributed by atoms with E-state index in [1.807, 2.05) is 38.1 Å². The quantitative estimate of drug-likeness (QED) is 0.697. The summed E-state index contributed by atoms with van der Waals surface area (Å²) < 4.78 is 8.49. The van der Waals surface area contributed by atoms with Crippen LogP contribution in [0.5, 0.6) is 5.75 Å². The van der Waals surface area contributed by atoms with Crippen LogP contribution in [0, 0.1) is 0 Å². The van der Waals surface area contributed by atoms with Gasteiger partial charge in [0.25, 0.3) is 0 Å². The van der Waals surface area contributed by atoms with Crippen LogP contribution in [0.2, 0.25) is 5.28 Å². The van der Waals surface area contributed by atoms with Crippen molar-refractivity contribution in [3.63, 3.8) is 0 Å². The van der Waals surface area contributed by atoms with Crippen LogP contribution in [0.1, 0.15) is 19.9 Å². The first-order valence-corrected chi connectivity index (χ1v) is 7.21. The molecule has 0 spiro atoms. The average Bonchev–Trinajstić information content (AvgIpc) is 2.79. The van der Waals surface area contributed by atoms with Gasteiger partial charge in [0.1, 0.15) is 0 Å². The Labute approximate surface area is 131 Å². The Morgan fingerprint density at radius 1 is 1.23 bits per heavy atom. The largest absolute Gasteiger partial charge is 0.491 e. The van der Waals surface area contributed by atoms with Gasteiger partial charge in [-0.25, -0.2) is 14.3 Å². The lowest BCUT2D eigenvalue weighted by Crippen LogP contribution is -2.25. The Hall–Kier alpha value is -2.34. The normalized spacial score (nSPS) is 11.3. The van der Waals surface area contributed by atoms with Gasteiger partial charge in [0.2, 0.25) is 5.28 Å². The van der Waals surface area contributed by atoms with Gasteiger partial charge in [-0.15, -0.1) is 0 Å². The molecule has 3 rings (SSSR count). The first-order chi connectivity index (χ1) is 10.5. The van der Waals surface area contributed by atoms with Crippen LogP contribution in [-0.2, 0) is 0 Å². The number of nitrogens with zero attached hydrogens (tertiary/aromatic N) is 4. The molecule has 0 unspecified atom stereocenters. The fourth-order valence-electron chi connectivity index (χ4n) is 2.52. The van der Waals surface area contributed by atoms with Crippen LogP contribution in [-0.4, -0.2) is 26.2 Å². The second-order valence-corrected chi connectivity index (χ2v) is 5.44. The highest BCUT2D eigenvalue weighted by molar-refractivity contribution is 6.28. The topological polar surface area (TPSA) is 61.9 Å². The standard InChI is InChI=1S/C15H15ClN4O2/c1-9(2)19-10-6-4-5-7-11(10)20(15(19)21)13-12(22-3)8-17-14(16)18-13/h4-9H,1-3H3. The average molecular weight is 319 g/mol. The lowest BCUT2D eigenvalue weighted by Gasteiger charge is -2.08. The highest BCUT2D eigenvalue weighted by Crippen LogP contribution is 2.25. The zero-order chi connectivity index (χ0) is 15.9. The van der Waals surface area contributed by atoms with E-state index in [9.17, 15) is 4.79 Å². The van der Waals surface area contributed by atoms with Gasteiger partial charge in [-0.2, -0.15) is 4.98 Å². The lowest BCUT2D eigenvalue weighted by molar-refractivity contribution is 0.408. The summed E-state index contributed by atoms with van der Waals surface area (Å²) in [4.78, 5) is 20.9. The summed E-state index contributed by atoms with van der Waals surface area (Å²) in [6.45, 7) is 3.92. The van der Waals surface area contributed by atoms with Crippen molar-refractivity contribution >= 4 is 22.6 Å². The third-order valence-corrected chi connectivity index (χ3v) is 3.62. The van der Waals surface area contributed by atoms with Crippen LogP contribution in [0.3, 0.4) is 0 Å². The molecule has 0 aliphatic heterocycles. The molecular formula is C15H15ClN4O2. The van der Waals surface area contributed by atoms with Gasteiger partial charge in [0, 0.05) is 6.04 Å². The van der Waals surface area contributed by atoms with Crippen LogP contribution >= 0.6 is 11.6 Å². The van der Waals surface area contributed by atoms with Crippen molar-refractivity contribution in [1.29, 1.82) is 0 Å². The monoisotopic (exact) mass is 318 g/mol. The molecular weight excluding hydrogens is 304 g/mol. The molecule has 0 aliphatic rings. The van der Waals surface area contributed by atoms with E-state index in [1.165, 1.54) is 17.9 Å². The van der Waals surface area contributed by atoms with Crippen molar-refractivity contribution in [3.05, 3.63) is 46.2 Å². The second kappa shape index (κ2) is 5.46. The number of methoxy groups -OCH3 is 1. The molecule has 0 N–H and O–H groups in total. The number of hydrogen-bond acceptors (Lipinski definition) is 4. The van der Waals surface area contributed by atoms with Crippen LogP contribution in [0.4, 0.5) is 0 Å². The number of para-hydroxylation sites is 2. The number of fused-ring (bicyclic) bond motifs is 1. The molecule has 6 nitrogen and oxygen atoms in total. The third kappa shape index (κ3) is 2.16. The smallest absolute Gasteiger partial charge is 0.335 e. The van der Waals surface area contributed by atoms with Crippen molar-refractivity contribution in [2.45, 2.75) is 19.9 Å². The van der Waals surface area contributed by atoms with Gasteiger partial charge in [0.05, 0.1) is 24.3 Å². The maximum absolute atomic E-state index is 12.9. The Morgan fingerprint density at radius 2 is 1.91 bits per heavy atom. The fourth-order valence-corrected chi connectivity index (χ4v) is 2.65. The molecule has 0 saturated carbocycles. The first kappa shape index (κ1) is 14.6.